The largest absolute Gasteiger partial charge is 0.355 e. The Kier molecular flexibility index (Phi) is 6.86. The van der Waals surface area contributed by atoms with Gasteiger partial charge in [-0.15, -0.1) is 0 Å². The highest BCUT2D eigenvalue weighted by molar-refractivity contribution is 8.03. The lowest BCUT2D eigenvalue weighted by molar-refractivity contribution is 0.882. The molecule has 0 radical (unpaired) electrons. The SMILES string of the molecule is CCN1C(=CC=CC=CC=CC2Sc3ccc4ccccc4c3N2CC)Sc2ccc3ccccc3c21. The van der Waals surface area contributed by atoms with Crippen LogP contribution in [0.3, 0.4) is 0 Å². The Bertz CT molecular complexity index is 1580. The molecule has 0 saturated heterocycles. The molecular weight excluding hydrogens is 489 g/mol. The summed E-state index contributed by atoms with van der Waals surface area (Å²) in [5.41, 5.74) is 2.71. The normalized spacial score (nSPS) is 18.4. The first kappa shape index (κ1) is 24.0. The third-order valence-corrected chi connectivity index (χ3v) is 9.29. The van der Waals surface area contributed by atoms with E-state index in [-0.39, 0.29) is 0 Å². The molecule has 184 valence electrons. The third-order valence-electron chi connectivity index (χ3n) is 6.94. The van der Waals surface area contributed by atoms with E-state index >= 15 is 0 Å². The Morgan fingerprint density at radius 2 is 1.32 bits per heavy atom. The third kappa shape index (κ3) is 4.49. The molecule has 4 aromatic carbocycles. The average Bonchev–Trinajstić information content (AvgIpc) is 3.50. The number of benzene rings is 4. The van der Waals surface area contributed by atoms with Crippen molar-refractivity contribution < 1.29 is 0 Å². The molecule has 4 aromatic rings. The molecule has 4 heteroatoms. The van der Waals surface area contributed by atoms with E-state index in [0.717, 1.165) is 13.1 Å². The van der Waals surface area contributed by atoms with Crippen LogP contribution in [0.1, 0.15) is 13.8 Å². The fraction of sp³-hybridized carbons (Fsp3) is 0.152. The molecule has 0 bridgehead atoms. The minimum absolute atomic E-state index is 0.322. The van der Waals surface area contributed by atoms with E-state index in [1.54, 1.807) is 0 Å². The number of allylic oxidation sites excluding steroid dienone is 6. The zero-order chi connectivity index (χ0) is 25.2. The van der Waals surface area contributed by atoms with E-state index < -0.39 is 0 Å². The molecule has 2 aliphatic rings. The summed E-state index contributed by atoms with van der Waals surface area (Å²) in [6, 6.07) is 26.4. The van der Waals surface area contributed by atoms with E-state index in [2.05, 4.69) is 139 Å². The van der Waals surface area contributed by atoms with Crippen molar-refractivity contribution in [1.29, 1.82) is 0 Å². The second kappa shape index (κ2) is 10.6. The van der Waals surface area contributed by atoms with Crippen molar-refractivity contribution >= 4 is 56.4 Å². The molecule has 0 fully saturated rings. The van der Waals surface area contributed by atoms with Crippen LogP contribution in [0.15, 0.2) is 130 Å². The maximum Gasteiger partial charge on any atom is 0.0985 e. The number of hydrogen-bond acceptors (Lipinski definition) is 4. The van der Waals surface area contributed by atoms with Crippen LogP contribution in [0.5, 0.6) is 0 Å². The van der Waals surface area contributed by atoms with E-state index in [1.165, 1.54) is 47.7 Å². The smallest absolute Gasteiger partial charge is 0.0985 e. The van der Waals surface area contributed by atoms with Crippen LogP contribution in [-0.2, 0) is 0 Å². The Labute approximate surface area is 228 Å². The predicted octanol–water partition coefficient (Wildman–Crippen LogP) is 9.39. The van der Waals surface area contributed by atoms with Gasteiger partial charge < -0.3 is 9.80 Å². The highest BCUT2D eigenvalue weighted by Crippen LogP contribution is 2.49. The van der Waals surface area contributed by atoms with Crippen LogP contribution in [-0.4, -0.2) is 18.5 Å². The van der Waals surface area contributed by atoms with E-state index in [4.69, 9.17) is 0 Å². The Balaban J connectivity index is 1.13. The number of thioether (sulfide) groups is 2. The van der Waals surface area contributed by atoms with Crippen molar-refractivity contribution in [2.45, 2.75) is 29.0 Å². The fourth-order valence-corrected chi connectivity index (χ4v) is 7.68. The molecule has 0 N–H and O–H groups in total. The van der Waals surface area contributed by atoms with Gasteiger partial charge in [0.1, 0.15) is 0 Å². The van der Waals surface area contributed by atoms with Crippen LogP contribution in [0.2, 0.25) is 0 Å². The monoisotopic (exact) mass is 518 g/mol. The van der Waals surface area contributed by atoms with Crippen LogP contribution in [0, 0.1) is 0 Å². The maximum absolute atomic E-state index is 2.50. The Morgan fingerprint density at radius 1 is 0.676 bits per heavy atom. The lowest BCUT2D eigenvalue weighted by Crippen LogP contribution is -2.27. The number of likely N-dealkylation sites (N-methyl/N-ethyl adjacent to an activating group) is 1. The van der Waals surface area contributed by atoms with Gasteiger partial charge in [-0.1, -0.05) is 121 Å². The van der Waals surface area contributed by atoms with Gasteiger partial charge in [0.05, 0.1) is 21.8 Å². The number of rotatable bonds is 6. The van der Waals surface area contributed by atoms with Crippen LogP contribution >= 0.6 is 23.5 Å². The van der Waals surface area contributed by atoms with Crippen molar-refractivity contribution in [3.63, 3.8) is 0 Å². The molecule has 0 amide bonds. The minimum Gasteiger partial charge on any atom is -0.355 e. The van der Waals surface area contributed by atoms with Crippen molar-refractivity contribution in [2.75, 3.05) is 22.9 Å². The zero-order valence-corrected chi connectivity index (χ0v) is 22.8. The lowest BCUT2D eigenvalue weighted by atomic mass is 10.1. The highest BCUT2D eigenvalue weighted by atomic mass is 32.2. The number of hydrogen-bond donors (Lipinski definition) is 0. The molecule has 37 heavy (non-hydrogen) atoms. The standard InChI is InChI=1S/C33H30N2S2/c1-3-34-30(36-28-22-20-24-14-10-12-16-26(24)32(28)34)18-8-6-5-7-9-19-31-35(4-2)33-27-17-13-11-15-25(27)21-23-29(33)37-31/h5-23,30H,3-4H2,1-2H3. The first-order valence-electron chi connectivity index (χ1n) is 12.9. The van der Waals surface area contributed by atoms with Gasteiger partial charge in [0, 0.05) is 33.7 Å². The Hall–Kier alpha value is -3.34. The highest BCUT2D eigenvalue weighted by Gasteiger charge is 2.28. The molecule has 2 aliphatic heterocycles. The summed E-state index contributed by atoms with van der Waals surface area (Å²) in [5, 5.41) is 6.88. The second-order valence-corrected chi connectivity index (χ2v) is 11.3. The van der Waals surface area contributed by atoms with Crippen LogP contribution < -0.4 is 9.80 Å². The molecular formula is C33H30N2S2. The quantitative estimate of drug-likeness (QED) is 0.234. The molecule has 1 unspecified atom stereocenters. The van der Waals surface area contributed by atoms with Gasteiger partial charge in [0.15, 0.2) is 0 Å². The second-order valence-electron chi connectivity index (χ2n) is 9.07. The predicted molar refractivity (Wildman–Crippen MR) is 165 cm³/mol. The van der Waals surface area contributed by atoms with Gasteiger partial charge in [0.25, 0.3) is 0 Å². The summed E-state index contributed by atoms with van der Waals surface area (Å²) in [7, 11) is 0. The minimum atomic E-state index is 0.322. The topological polar surface area (TPSA) is 6.48 Å². The first-order chi connectivity index (χ1) is 18.3. The molecule has 0 aromatic heterocycles. The fourth-order valence-electron chi connectivity index (χ4n) is 5.23. The summed E-state index contributed by atoms with van der Waals surface area (Å²) in [6.45, 7) is 6.41. The number of fused-ring (bicyclic) bond motifs is 6. The lowest BCUT2D eigenvalue weighted by Gasteiger charge is -2.23. The van der Waals surface area contributed by atoms with Crippen molar-refractivity contribution in [2.24, 2.45) is 0 Å². The first-order valence-corrected chi connectivity index (χ1v) is 14.6. The van der Waals surface area contributed by atoms with Gasteiger partial charge in [-0.2, -0.15) is 0 Å². The molecule has 0 aliphatic carbocycles. The molecule has 2 nitrogen and oxygen atoms in total. The number of anilines is 2. The van der Waals surface area contributed by atoms with Crippen LogP contribution in [0.25, 0.3) is 21.5 Å². The van der Waals surface area contributed by atoms with Gasteiger partial charge in [-0.25, -0.2) is 0 Å². The molecule has 0 saturated carbocycles. The van der Waals surface area contributed by atoms with E-state index in [9.17, 15) is 0 Å². The summed E-state index contributed by atoms with van der Waals surface area (Å²) in [6.07, 6.45) is 15.2. The van der Waals surface area contributed by atoms with Gasteiger partial charge in [0.2, 0.25) is 0 Å². The zero-order valence-electron chi connectivity index (χ0n) is 21.2. The summed E-state index contributed by atoms with van der Waals surface area (Å²) < 4.78 is 0. The van der Waals surface area contributed by atoms with Gasteiger partial charge in [-0.3, -0.25) is 0 Å². The average molecular weight is 519 g/mol. The van der Waals surface area contributed by atoms with Gasteiger partial charge in [-0.05, 0) is 42.8 Å². The van der Waals surface area contributed by atoms with Crippen molar-refractivity contribution in [3.8, 4) is 0 Å². The molecule has 1 atom stereocenters. The number of nitrogens with zero attached hydrogens (tertiary/aromatic N) is 2. The van der Waals surface area contributed by atoms with Crippen LogP contribution in [0.4, 0.5) is 11.4 Å². The maximum atomic E-state index is 2.50. The van der Waals surface area contributed by atoms with Gasteiger partial charge >= 0.3 is 0 Å². The molecule has 2 heterocycles. The summed E-state index contributed by atoms with van der Waals surface area (Å²) in [4.78, 5) is 7.63. The molecule has 6 rings (SSSR count). The summed E-state index contributed by atoms with van der Waals surface area (Å²) in [5.74, 6) is 0. The van der Waals surface area contributed by atoms with E-state index in [0.29, 0.717) is 5.37 Å². The summed E-state index contributed by atoms with van der Waals surface area (Å²) >= 11 is 3.79. The van der Waals surface area contributed by atoms with Crippen molar-refractivity contribution in [1.82, 2.24) is 0 Å². The Morgan fingerprint density at radius 3 is 2.05 bits per heavy atom. The molecule has 0 spiro atoms. The van der Waals surface area contributed by atoms with Crippen molar-refractivity contribution in [3.05, 3.63) is 120 Å². The van der Waals surface area contributed by atoms with E-state index in [1.807, 2.05) is 23.5 Å².